The van der Waals surface area contributed by atoms with Crippen LogP contribution in [0.1, 0.15) is 37.5 Å². The van der Waals surface area contributed by atoms with Crippen LogP contribution in [0.5, 0.6) is 11.5 Å². The highest BCUT2D eigenvalue weighted by molar-refractivity contribution is 6.08. The Morgan fingerprint density at radius 1 is 0.763 bits per heavy atom. The number of carboxylic acids is 1. The number of aliphatic imine (C=N–C) groups is 1. The van der Waals surface area contributed by atoms with E-state index < -0.39 is 11.5 Å². The lowest BCUT2D eigenvalue weighted by atomic mass is 9.86. The number of ether oxygens (including phenoxy) is 2. The highest BCUT2D eigenvalue weighted by Gasteiger charge is 2.41. The maximum absolute atomic E-state index is 14.0. The molecule has 0 fully saturated rings. The van der Waals surface area contributed by atoms with Gasteiger partial charge in [-0.25, -0.2) is 4.79 Å². The number of allylic oxidation sites excluding steroid dienone is 1. The Balaban J connectivity index is 1.48. The van der Waals surface area contributed by atoms with E-state index in [0.717, 1.165) is 11.1 Å². The van der Waals surface area contributed by atoms with Crippen LogP contribution >= 0.6 is 0 Å². The lowest BCUT2D eigenvalue weighted by Crippen LogP contribution is -2.32. The number of pyridine rings is 1. The molecule has 0 saturated carbocycles. The molecule has 1 unspecified atom stereocenters. The molecule has 1 aliphatic rings. The van der Waals surface area contributed by atoms with Gasteiger partial charge in [0.2, 0.25) is 5.78 Å². The van der Waals surface area contributed by atoms with Crippen LogP contribution in [-0.4, -0.2) is 28.1 Å². The quantitative estimate of drug-likeness (QED) is 0.280. The first kappa shape index (κ1) is 24.6. The summed E-state index contributed by atoms with van der Waals surface area (Å²) in [5.41, 5.74) is 1.21. The number of hydrogen-bond acceptors (Lipinski definition) is 6. The topological polar surface area (TPSA) is 98.1 Å². The van der Waals surface area contributed by atoms with Crippen molar-refractivity contribution in [1.29, 1.82) is 0 Å². The zero-order valence-electron chi connectivity index (χ0n) is 20.4. The molecule has 0 aliphatic carbocycles. The van der Waals surface area contributed by atoms with E-state index in [2.05, 4.69) is 9.98 Å². The van der Waals surface area contributed by atoms with E-state index >= 15 is 0 Å². The van der Waals surface area contributed by atoms with Crippen LogP contribution in [0.3, 0.4) is 0 Å². The highest BCUT2D eigenvalue weighted by atomic mass is 16.5. The number of carbonyl (C=O) groups excluding carboxylic acids is 1. The highest BCUT2D eigenvalue weighted by Crippen LogP contribution is 2.35. The second-order valence-corrected chi connectivity index (χ2v) is 8.71. The molecule has 0 radical (unpaired) electrons. The number of Topliss-reactive ketones (excluding diaryl/α,β-unsaturated/α-hetero) is 1. The number of nitrogens with zero attached hydrogens (tertiary/aromatic N) is 2. The maximum atomic E-state index is 14.0. The van der Waals surface area contributed by atoms with Crippen LogP contribution < -0.4 is 9.47 Å². The number of aromatic carboxylic acids is 1. The third kappa shape index (κ3) is 5.37. The minimum atomic E-state index is -1.42. The molecule has 1 atom stereocenters. The maximum Gasteiger partial charge on any atom is 0.337 e. The molecule has 0 spiro atoms. The molecule has 1 aliphatic heterocycles. The van der Waals surface area contributed by atoms with Crippen molar-refractivity contribution in [2.24, 2.45) is 4.99 Å². The fourth-order valence-corrected chi connectivity index (χ4v) is 4.11. The van der Waals surface area contributed by atoms with E-state index in [4.69, 9.17) is 9.47 Å². The van der Waals surface area contributed by atoms with Crippen molar-refractivity contribution in [1.82, 2.24) is 4.98 Å². The molecule has 5 rings (SSSR count). The van der Waals surface area contributed by atoms with E-state index in [1.807, 2.05) is 60.7 Å². The van der Waals surface area contributed by atoms with Crippen molar-refractivity contribution in [3.63, 3.8) is 0 Å². The standard InChI is InChI=1S/C31H24N2O5/c34-29(31(14-7-15-33-31)28-13-12-24(19-32-28)30(35)36)25-16-26(37-20-22-8-3-1-4-9-22)18-27(17-25)38-21-23-10-5-2-6-11-23/h1-19H,20-21H2,(H,35,36). The largest absolute Gasteiger partial charge is 0.489 e. The van der Waals surface area contributed by atoms with E-state index in [0.29, 0.717) is 36.0 Å². The van der Waals surface area contributed by atoms with Crippen molar-refractivity contribution >= 4 is 18.0 Å². The summed E-state index contributed by atoms with van der Waals surface area (Å²) in [4.78, 5) is 34.0. The van der Waals surface area contributed by atoms with Gasteiger partial charge in [0.1, 0.15) is 24.7 Å². The molecular formula is C31H24N2O5. The smallest absolute Gasteiger partial charge is 0.337 e. The van der Waals surface area contributed by atoms with Gasteiger partial charge in [0.15, 0.2) is 5.54 Å². The van der Waals surface area contributed by atoms with Crippen LogP contribution in [0.15, 0.2) is 114 Å². The molecule has 188 valence electrons. The van der Waals surface area contributed by atoms with Crippen LogP contribution in [0.4, 0.5) is 0 Å². The molecular weight excluding hydrogens is 480 g/mol. The zero-order chi connectivity index (χ0) is 26.4. The molecule has 2 heterocycles. The lowest BCUT2D eigenvalue weighted by molar-refractivity contribution is 0.0696. The number of benzene rings is 3. The van der Waals surface area contributed by atoms with E-state index in [1.54, 1.807) is 30.4 Å². The van der Waals surface area contributed by atoms with Gasteiger partial charge in [-0.15, -0.1) is 0 Å². The third-order valence-electron chi connectivity index (χ3n) is 6.09. The molecule has 0 bridgehead atoms. The van der Waals surface area contributed by atoms with Crippen LogP contribution in [0.25, 0.3) is 0 Å². The normalized spacial score (nSPS) is 15.8. The van der Waals surface area contributed by atoms with E-state index in [9.17, 15) is 14.7 Å². The van der Waals surface area contributed by atoms with Crippen molar-refractivity contribution in [3.05, 3.63) is 137 Å². The van der Waals surface area contributed by atoms with Gasteiger partial charge in [-0.2, -0.15) is 0 Å². The van der Waals surface area contributed by atoms with Crippen molar-refractivity contribution in [3.8, 4) is 11.5 Å². The van der Waals surface area contributed by atoms with Crippen LogP contribution in [0.2, 0.25) is 0 Å². The van der Waals surface area contributed by atoms with Gasteiger partial charge in [-0.1, -0.05) is 60.7 Å². The Morgan fingerprint density at radius 3 is 1.84 bits per heavy atom. The predicted molar refractivity (Wildman–Crippen MR) is 143 cm³/mol. The summed E-state index contributed by atoms with van der Waals surface area (Å²) in [6.45, 7) is 0.635. The summed E-state index contributed by atoms with van der Waals surface area (Å²) in [6, 6.07) is 27.4. The van der Waals surface area contributed by atoms with Crippen molar-refractivity contribution in [2.75, 3.05) is 0 Å². The Labute approximate surface area is 219 Å². The fraction of sp³-hybridized carbons (Fsp3) is 0.0968. The van der Waals surface area contributed by atoms with Gasteiger partial charge in [-0.3, -0.25) is 14.8 Å². The van der Waals surface area contributed by atoms with E-state index in [1.165, 1.54) is 24.5 Å². The SMILES string of the molecule is O=C(O)c1ccc(C2(C(=O)c3cc(OCc4ccccc4)cc(OCc4ccccc4)c3)C=CC=N2)nc1. The predicted octanol–water partition coefficient (Wildman–Crippen LogP) is 5.66. The monoisotopic (exact) mass is 504 g/mol. The number of carboxylic acid groups (broad SMARTS) is 1. The van der Waals surface area contributed by atoms with Crippen molar-refractivity contribution < 1.29 is 24.2 Å². The molecule has 1 N–H and O–H groups in total. The Morgan fingerprint density at radius 2 is 1.37 bits per heavy atom. The summed E-state index contributed by atoms with van der Waals surface area (Å²) in [5, 5.41) is 9.24. The summed E-state index contributed by atoms with van der Waals surface area (Å²) >= 11 is 0. The summed E-state index contributed by atoms with van der Waals surface area (Å²) < 4.78 is 12.1. The summed E-state index contributed by atoms with van der Waals surface area (Å²) in [6.07, 6.45) is 6.09. The first-order chi connectivity index (χ1) is 18.5. The van der Waals surface area contributed by atoms with Crippen LogP contribution in [-0.2, 0) is 18.8 Å². The summed E-state index contributed by atoms with van der Waals surface area (Å²) in [5.74, 6) is -0.498. The van der Waals surface area contributed by atoms with Crippen molar-refractivity contribution in [2.45, 2.75) is 18.8 Å². The minimum absolute atomic E-state index is 0.0233. The average Bonchev–Trinajstić information content (AvgIpc) is 3.47. The molecule has 3 aromatic carbocycles. The third-order valence-corrected chi connectivity index (χ3v) is 6.09. The van der Waals surface area contributed by atoms with E-state index in [-0.39, 0.29) is 11.3 Å². The Bertz CT molecular complexity index is 1420. The minimum Gasteiger partial charge on any atom is -0.489 e. The Hall–Kier alpha value is -5.04. The molecule has 4 aromatic rings. The molecule has 0 saturated heterocycles. The Kier molecular flexibility index (Phi) is 7.08. The summed E-state index contributed by atoms with van der Waals surface area (Å²) in [7, 11) is 0. The molecule has 7 heteroatoms. The second-order valence-electron chi connectivity index (χ2n) is 8.71. The first-order valence-electron chi connectivity index (χ1n) is 12.0. The van der Waals surface area contributed by atoms with Gasteiger partial charge in [0.25, 0.3) is 0 Å². The number of aromatic nitrogens is 1. The van der Waals surface area contributed by atoms with Gasteiger partial charge in [0.05, 0.1) is 11.3 Å². The number of ketones is 1. The lowest BCUT2D eigenvalue weighted by Gasteiger charge is -2.23. The van der Waals surface area contributed by atoms with Gasteiger partial charge in [0, 0.05) is 24.0 Å². The molecule has 7 nitrogen and oxygen atoms in total. The fourth-order valence-electron chi connectivity index (χ4n) is 4.11. The second kappa shape index (κ2) is 10.9. The zero-order valence-corrected chi connectivity index (χ0v) is 20.4. The number of rotatable bonds is 10. The average molecular weight is 505 g/mol. The van der Waals surface area contributed by atoms with Gasteiger partial charge in [-0.05, 0) is 47.5 Å². The van der Waals surface area contributed by atoms with Gasteiger partial charge < -0.3 is 14.6 Å². The molecule has 38 heavy (non-hydrogen) atoms. The molecule has 0 amide bonds. The molecule has 1 aromatic heterocycles. The number of hydrogen-bond donors (Lipinski definition) is 1. The first-order valence-corrected chi connectivity index (χ1v) is 12.0. The van der Waals surface area contributed by atoms with Gasteiger partial charge >= 0.3 is 5.97 Å². The van der Waals surface area contributed by atoms with Crippen LogP contribution in [0, 0.1) is 0 Å². The number of carbonyl (C=O) groups is 2.